The summed E-state index contributed by atoms with van der Waals surface area (Å²) in [6.45, 7) is 8.85. The van der Waals surface area contributed by atoms with Crippen molar-refractivity contribution in [2.45, 2.75) is 61.2 Å². The van der Waals surface area contributed by atoms with Crippen molar-refractivity contribution in [3.63, 3.8) is 0 Å². The Balaban J connectivity index is 3.92. The van der Waals surface area contributed by atoms with Crippen molar-refractivity contribution >= 4 is 33.1 Å². The van der Waals surface area contributed by atoms with E-state index >= 15 is 0 Å². The molecule has 0 aromatic carbocycles. The van der Waals surface area contributed by atoms with E-state index in [9.17, 15) is 9.59 Å². The first-order valence-corrected chi connectivity index (χ1v) is 10.4. The number of carbonyl (C=O) groups excluding carboxylic acids is 2. The molecule has 0 bridgehead atoms. The van der Waals surface area contributed by atoms with Crippen LogP contribution in [0.4, 0.5) is 0 Å². The fourth-order valence-corrected chi connectivity index (χ4v) is 4.79. The molecule has 0 saturated carbocycles. The third kappa shape index (κ3) is 9.30. The first-order chi connectivity index (χ1) is 9.02. The molecular formula is C14H26O4Sn+2. The summed E-state index contributed by atoms with van der Waals surface area (Å²) >= 11 is -1.15. The molecule has 0 amide bonds. The minimum atomic E-state index is -1.15. The zero-order valence-corrected chi connectivity index (χ0v) is 15.4. The minimum absolute atomic E-state index is 0.0887. The van der Waals surface area contributed by atoms with Crippen molar-refractivity contribution in [3.05, 3.63) is 0 Å². The molecule has 108 valence electrons. The Morgan fingerprint density at radius 2 is 1.26 bits per heavy atom. The van der Waals surface area contributed by atoms with Crippen LogP contribution in [0.15, 0.2) is 0 Å². The predicted octanol–water partition coefficient (Wildman–Crippen LogP) is 2.99. The first-order valence-electron chi connectivity index (χ1n) is 7.12. The molecule has 0 heterocycles. The number of carbonyl (C=O) groups is 2. The molecule has 2 atom stereocenters. The van der Waals surface area contributed by atoms with Gasteiger partial charge in [-0.25, -0.2) is 0 Å². The van der Waals surface area contributed by atoms with Gasteiger partial charge in [0.05, 0.1) is 0 Å². The molecule has 0 aromatic heterocycles. The Bertz CT molecular complexity index is 242. The maximum absolute atomic E-state index is 11.7. The maximum atomic E-state index is 11.7. The third-order valence-electron chi connectivity index (χ3n) is 2.69. The summed E-state index contributed by atoms with van der Waals surface area (Å²) in [5, 5.41) is 0. The molecule has 0 fully saturated rings. The average Bonchev–Trinajstić information content (AvgIpc) is 2.38. The van der Waals surface area contributed by atoms with E-state index < -0.39 is 21.1 Å². The van der Waals surface area contributed by atoms with Gasteiger partial charge in [-0.05, 0) is 0 Å². The van der Waals surface area contributed by atoms with Gasteiger partial charge in [-0.3, -0.25) is 0 Å². The van der Waals surface area contributed by atoms with Gasteiger partial charge >= 0.3 is 127 Å². The molecule has 19 heavy (non-hydrogen) atoms. The summed E-state index contributed by atoms with van der Waals surface area (Å²) in [5.41, 5.74) is 0. The normalized spacial score (nSPS) is 13.3. The number of hydrogen-bond acceptors (Lipinski definition) is 4. The molecule has 0 saturated heterocycles. The van der Waals surface area contributed by atoms with Crippen LogP contribution >= 0.6 is 0 Å². The van der Waals surface area contributed by atoms with E-state index in [-0.39, 0.29) is 19.8 Å². The van der Waals surface area contributed by atoms with Gasteiger partial charge in [0.1, 0.15) is 0 Å². The van der Waals surface area contributed by atoms with Gasteiger partial charge in [0.15, 0.2) is 0 Å². The van der Waals surface area contributed by atoms with Gasteiger partial charge in [-0.2, -0.15) is 0 Å². The fraction of sp³-hybridized carbons (Fsp3) is 0.857. The van der Waals surface area contributed by atoms with E-state index in [1.54, 1.807) is 0 Å². The van der Waals surface area contributed by atoms with Crippen molar-refractivity contribution in [3.8, 4) is 0 Å². The summed E-state index contributed by atoms with van der Waals surface area (Å²) in [7, 11) is 0. The van der Waals surface area contributed by atoms with Crippen LogP contribution in [0.3, 0.4) is 0 Å². The zero-order chi connectivity index (χ0) is 14.7. The second-order valence-corrected chi connectivity index (χ2v) is 10.5. The molecule has 0 aromatic rings. The van der Waals surface area contributed by atoms with E-state index in [2.05, 4.69) is 13.8 Å². The monoisotopic (exact) mass is 378 g/mol. The summed E-state index contributed by atoms with van der Waals surface area (Å²) in [4.78, 5) is 23.4. The van der Waals surface area contributed by atoms with E-state index in [0.29, 0.717) is 13.2 Å². The SMILES string of the molecule is CCCCOC(=O)[CH](C)[Sn+2][CH](C)C(=O)OCCCC. The van der Waals surface area contributed by atoms with E-state index in [1.165, 1.54) is 0 Å². The molecule has 4 nitrogen and oxygen atoms in total. The molecule has 2 unspecified atom stereocenters. The van der Waals surface area contributed by atoms with Crippen LogP contribution in [0.25, 0.3) is 0 Å². The molecule has 0 aliphatic rings. The Kier molecular flexibility index (Phi) is 11.4. The number of unbranched alkanes of at least 4 members (excludes halogenated alkanes) is 2. The van der Waals surface area contributed by atoms with Gasteiger partial charge < -0.3 is 0 Å². The second kappa shape index (κ2) is 11.6. The van der Waals surface area contributed by atoms with Gasteiger partial charge in [0.2, 0.25) is 0 Å². The van der Waals surface area contributed by atoms with Gasteiger partial charge in [-0.15, -0.1) is 0 Å². The van der Waals surface area contributed by atoms with Crippen molar-refractivity contribution in [1.82, 2.24) is 0 Å². The molecule has 0 radical (unpaired) electrons. The van der Waals surface area contributed by atoms with Crippen molar-refractivity contribution in [1.29, 1.82) is 0 Å². The second-order valence-electron chi connectivity index (χ2n) is 4.65. The van der Waals surface area contributed by atoms with Crippen LogP contribution in [0.5, 0.6) is 0 Å². The molecule has 0 spiro atoms. The van der Waals surface area contributed by atoms with Crippen molar-refractivity contribution < 1.29 is 19.1 Å². The summed E-state index contributed by atoms with van der Waals surface area (Å²) < 4.78 is 10.2. The molecular weight excluding hydrogens is 351 g/mol. The predicted molar refractivity (Wildman–Crippen MR) is 76.3 cm³/mol. The van der Waals surface area contributed by atoms with E-state index in [1.807, 2.05) is 13.8 Å². The zero-order valence-electron chi connectivity index (χ0n) is 12.5. The van der Waals surface area contributed by atoms with Crippen LogP contribution in [-0.2, 0) is 19.1 Å². The number of ether oxygens (including phenoxy) is 2. The fourth-order valence-electron chi connectivity index (χ4n) is 1.40. The van der Waals surface area contributed by atoms with Crippen LogP contribution < -0.4 is 0 Å². The number of rotatable bonds is 10. The molecule has 0 aliphatic carbocycles. The van der Waals surface area contributed by atoms with Crippen molar-refractivity contribution in [2.24, 2.45) is 0 Å². The Morgan fingerprint density at radius 1 is 0.895 bits per heavy atom. The van der Waals surface area contributed by atoms with E-state index in [0.717, 1.165) is 25.7 Å². The van der Waals surface area contributed by atoms with Crippen LogP contribution in [0.2, 0.25) is 7.87 Å². The van der Waals surface area contributed by atoms with Crippen LogP contribution in [-0.4, -0.2) is 46.3 Å². The molecule has 0 aliphatic heterocycles. The van der Waals surface area contributed by atoms with Gasteiger partial charge in [0.25, 0.3) is 0 Å². The Hall–Kier alpha value is -0.261. The van der Waals surface area contributed by atoms with Crippen LogP contribution in [0.1, 0.15) is 53.4 Å². The summed E-state index contributed by atoms with van der Waals surface area (Å²) in [5.74, 6) is -0.290. The Labute approximate surface area is 126 Å². The standard InChI is InChI=1S/2C7H13O2.Sn/c2*1-3-5-6-9-7(8)4-2;/h2*4H,3,5-6H2,1-2H3;/q;;+2. The summed E-state index contributed by atoms with van der Waals surface area (Å²) in [6.07, 6.45) is 3.83. The van der Waals surface area contributed by atoms with Gasteiger partial charge in [0, 0.05) is 0 Å². The quantitative estimate of drug-likeness (QED) is 0.334. The molecule has 0 N–H and O–H groups in total. The summed E-state index contributed by atoms with van der Waals surface area (Å²) in [6, 6.07) is 0. The average molecular weight is 377 g/mol. The first kappa shape index (κ1) is 18.7. The number of hydrogen-bond donors (Lipinski definition) is 0. The Morgan fingerprint density at radius 3 is 1.58 bits per heavy atom. The van der Waals surface area contributed by atoms with E-state index in [4.69, 9.17) is 9.47 Å². The topological polar surface area (TPSA) is 52.6 Å². The molecule has 0 rings (SSSR count). The third-order valence-corrected chi connectivity index (χ3v) is 6.89. The van der Waals surface area contributed by atoms with Gasteiger partial charge in [-0.1, -0.05) is 0 Å². The number of esters is 2. The van der Waals surface area contributed by atoms with Crippen LogP contribution in [0, 0.1) is 0 Å². The molecule has 5 heteroatoms. The van der Waals surface area contributed by atoms with Crippen molar-refractivity contribution in [2.75, 3.05) is 13.2 Å².